The smallest absolute Gasteiger partial charge is 0.217 e. The lowest BCUT2D eigenvalue weighted by atomic mass is 10.2. The van der Waals surface area contributed by atoms with E-state index in [1.165, 1.54) is 0 Å². The summed E-state index contributed by atoms with van der Waals surface area (Å²) in [5, 5.41) is 16.7. The van der Waals surface area contributed by atoms with E-state index >= 15 is 0 Å². The molecule has 4 heteroatoms. The van der Waals surface area contributed by atoms with E-state index in [1.807, 2.05) is 89.7 Å². The molecule has 0 aliphatic heterocycles. The molecular weight excluding hydrogens is 322 g/mol. The molecule has 0 aliphatic carbocycles. The predicted octanol–water partition coefficient (Wildman–Crippen LogP) is 5.82. The van der Waals surface area contributed by atoms with Crippen molar-refractivity contribution >= 4 is 46.2 Å². The van der Waals surface area contributed by atoms with E-state index in [4.69, 9.17) is 0 Å². The highest BCUT2D eigenvalue weighted by atomic mass is 32.1. The maximum atomic E-state index is 12.6. The molecule has 2 heterocycles. The Morgan fingerprint density at radius 3 is 1.83 bits per heavy atom. The van der Waals surface area contributed by atoms with Gasteiger partial charge in [0.2, 0.25) is 11.4 Å². The van der Waals surface area contributed by atoms with E-state index < -0.39 is 0 Å². The van der Waals surface area contributed by atoms with Crippen molar-refractivity contribution in [3.05, 3.63) is 92.5 Å². The summed E-state index contributed by atoms with van der Waals surface area (Å²) in [7, 11) is 0. The van der Waals surface area contributed by atoms with Crippen LogP contribution < -0.4 is 0 Å². The highest BCUT2D eigenvalue weighted by Gasteiger charge is 2.06. The molecule has 3 rings (SSSR count). The third-order valence-corrected chi connectivity index (χ3v) is 4.82. The Morgan fingerprint density at radius 2 is 1.35 bits per heavy atom. The minimum Gasteiger partial charge on any atom is -0.618 e. The highest BCUT2D eigenvalue weighted by Crippen LogP contribution is 2.15. The van der Waals surface area contributed by atoms with Crippen molar-refractivity contribution in [2.24, 2.45) is 0 Å². The lowest BCUT2D eigenvalue weighted by molar-refractivity contribution is -0.358. The first kappa shape index (κ1) is 15.5. The molecule has 0 N–H and O–H groups in total. The number of hydrogen-bond donors (Lipinski definition) is 0. The first-order chi connectivity index (χ1) is 11.3. The van der Waals surface area contributed by atoms with Crippen molar-refractivity contribution in [3.8, 4) is 0 Å². The fourth-order valence-corrected chi connectivity index (χ4v) is 3.25. The van der Waals surface area contributed by atoms with Crippen LogP contribution in [0.3, 0.4) is 0 Å². The van der Waals surface area contributed by atoms with E-state index in [2.05, 4.69) is 0 Å². The molecule has 0 radical (unpaired) electrons. The van der Waals surface area contributed by atoms with Crippen LogP contribution in [0.1, 0.15) is 9.75 Å². The van der Waals surface area contributed by atoms with Crippen molar-refractivity contribution in [1.29, 1.82) is 0 Å². The highest BCUT2D eigenvalue weighted by molar-refractivity contribution is 7.11. The summed E-state index contributed by atoms with van der Waals surface area (Å²) >= 11 is 3.29. The average Bonchev–Trinajstić information content (AvgIpc) is 3.29. The minimum atomic E-state index is 0.595. The van der Waals surface area contributed by atoms with Gasteiger partial charge < -0.3 is 5.21 Å². The number of thiophene rings is 2. The predicted molar refractivity (Wildman–Crippen MR) is 101 cm³/mol. The minimum absolute atomic E-state index is 0.595. The van der Waals surface area contributed by atoms with Crippen LogP contribution in [-0.2, 0) is 0 Å². The van der Waals surface area contributed by atoms with Crippen LogP contribution in [0.15, 0.2) is 77.5 Å². The Balaban J connectivity index is 1.95. The number of benzene rings is 1. The second-order valence-corrected chi connectivity index (χ2v) is 6.71. The number of para-hydroxylation sites is 1. The van der Waals surface area contributed by atoms with Gasteiger partial charge in [-0.05, 0) is 35.0 Å². The van der Waals surface area contributed by atoms with Crippen LogP contribution in [0.4, 0.5) is 5.69 Å². The first-order valence-electron chi connectivity index (χ1n) is 7.15. The molecule has 0 fully saturated rings. The molecule has 114 valence electrons. The number of allylic oxidation sites excluding steroid dienone is 2. The van der Waals surface area contributed by atoms with E-state index in [-0.39, 0.29) is 0 Å². The Hall–Kier alpha value is -2.43. The van der Waals surface area contributed by atoms with Crippen molar-refractivity contribution < 1.29 is 4.74 Å². The summed E-state index contributed by atoms with van der Waals surface area (Å²) in [4.78, 5) is 2.24. The molecule has 2 nitrogen and oxygen atoms in total. The van der Waals surface area contributed by atoms with Crippen LogP contribution >= 0.6 is 22.7 Å². The van der Waals surface area contributed by atoms with E-state index in [9.17, 15) is 5.21 Å². The Kier molecular flexibility index (Phi) is 5.19. The first-order valence-corrected chi connectivity index (χ1v) is 8.91. The molecule has 1 aromatic carbocycles. The maximum absolute atomic E-state index is 12.6. The number of nitrogens with zero attached hydrogens (tertiary/aromatic N) is 1. The van der Waals surface area contributed by atoms with E-state index in [0.717, 1.165) is 14.5 Å². The molecule has 2 aromatic heterocycles. The Labute approximate surface area is 143 Å². The molecule has 0 saturated heterocycles. The van der Waals surface area contributed by atoms with Crippen molar-refractivity contribution in [2.75, 3.05) is 0 Å². The molecule has 3 aromatic rings. The molecule has 23 heavy (non-hydrogen) atoms. The van der Waals surface area contributed by atoms with E-state index in [0.29, 0.717) is 11.4 Å². The van der Waals surface area contributed by atoms with Crippen LogP contribution in [0.2, 0.25) is 0 Å². The second-order valence-electron chi connectivity index (χ2n) is 4.75. The second kappa shape index (κ2) is 7.72. The summed E-state index contributed by atoms with van der Waals surface area (Å²) in [6, 6.07) is 17.3. The fourth-order valence-electron chi connectivity index (χ4n) is 2.01. The van der Waals surface area contributed by atoms with Crippen molar-refractivity contribution in [2.45, 2.75) is 0 Å². The summed E-state index contributed by atoms with van der Waals surface area (Å²) in [6.45, 7) is 0. The van der Waals surface area contributed by atoms with Gasteiger partial charge in [-0.15, -0.1) is 22.7 Å². The van der Waals surface area contributed by atoms with Crippen LogP contribution in [-0.4, -0.2) is 10.5 Å². The van der Waals surface area contributed by atoms with Gasteiger partial charge in [-0.25, -0.2) is 0 Å². The average molecular weight is 337 g/mol. The third kappa shape index (κ3) is 4.28. The van der Waals surface area contributed by atoms with Gasteiger partial charge in [-0.1, -0.05) is 30.3 Å². The Bertz CT molecular complexity index is 767. The zero-order valence-electron chi connectivity index (χ0n) is 12.3. The van der Waals surface area contributed by atoms with Gasteiger partial charge in [-0.3, -0.25) is 0 Å². The molecular formula is C19H15NOS2. The SMILES string of the molecule is [O-][N+](=C(/C=C/c1cccs1)/C=C/c1cccs1)c1ccccc1. The van der Waals surface area contributed by atoms with Crippen LogP contribution in [0.25, 0.3) is 12.2 Å². The van der Waals surface area contributed by atoms with Gasteiger partial charge in [0, 0.05) is 34.0 Å². The van der Waals surface area contributed by atoms with Crippen molar-refractivity contribution in [1.82, 2.24) is 0 Å². The third-order valence-electron chi connectivity index (χ3n) is 3.15. The summed E-state index contributed by atoms with van der Waals surface area (Å²) in [6.07, 6.45) is 7.64. The lowest BCUT2D eigenvalue weighted by Crippen LogP contribution is -2.06. The maximum Gasteiger partial charge on any atom is 0.217 e. The molecule has 0 unspecified atom stereocenters. The standard InChI is InChI=1S/C19H15NOS2/c21-20(16-6-2-1-3-7-16)17(10-12-18-8-4-14-22-18)11-13-19-9-5-15-23-19/h1-15H/b12-10+,13-11+. The molecule has 0 spiro atoms. The van der Waals surface area contributed by atoms with Gasteiger partial charge in [-0.2, -0.15) is 4.74 Å². The summed E-state index contributed by atoms with van der Waals surface area (Å²) in [5.74, 6) is 0. The van der Waals surface area contributed by atoms with Gasteiger partial charge in [0.05, 0.1) is 0 Å². The molecule has 0 amide bonds. The van der Waals surface area contributed by atoms with Gasteiger partial charge in [0.1, 0.15) is 0 Å². The monoisotopic (exact) mass is 337 g/mol. The van der Waals surface area contributed by atoms with Crippen LogP contribution in [0, 0.1) is 5.21 Å². The van der Waals surface area contributed by atoms with Crippen molar-refractivity contribution in [3.63, 3.8) is 0 Å². The Morgan fingerprint density at radius 1 is 0.783 bits per heavy atom. The number of rotatable bonds is 5. The quantitative estimate of drug-likeness (QED) is 0.249. The summed E-state index contributed by atoms with van der Waals surface area (Å²) < 4.78 is 0.953. The zero-order chi connectivity index (χ0) is 15.9. The van der Waals surface area contributed by atoms with Crippen LogP contribution in [0.5, 0.6) is 0 Å². The lowest BCUT2D eigenvalue weighted by Gasteiger charge is -2.05. The van der Waals surface area contributed by atoms with E-state index in [1.54, 1.807) is 22.7 Å². The van der Waals surface area contributed by atoms with Gasteiger partial charge >= 0.3 is 0 Å². The largest absolute Gasteiger partial charge is 0.618 e. The topological polar surface area (TPSA) is 26.1 Å². The zero-order valence-corrected chi connectivity index (χ0v) is 14.0. The van der Waals surface area contributed by atoms with Gasteiger partial charge in [0.25, 0.3) is 0 Å². The molecule has 0 bridgehead atoms. The molecule has 0 saturated carbocycles. The normalized spacial score (nSPS) is 11.3. The molecule has 0 atom stereocenters. The number of hydrogen-bond acceptors (Lipinski definition) is 3. The van der Waals surface area contributed by atoms with Gasteiger partial charge in [0.15, 0.2) is 0 Å². The summed E-state index contributed by atoms with van der Waals surface area (Å²) in [5.41, 5.74) is 1.21. The fraction of sp³-hybridized carbons (Fsp3) is 0. The molecule has 0 aliphatic rings.